The molecule has 5 nitrogen and oxygen atoms in total. The molecule has 0 aliphatic rings. The molecule has 1 atom stereocenters. The Bertz CT molecular complexity index is 1070. The maximum atomic E-state index is 12.7. The van der Waals surface area contributed by atoms with Crippen LogP contribution in [0.15, 0.2) is 66.7 Å². The molecule has 0 aliphatic carbocycles. The summed E-state index contributed by atoms with van der Waals surface area (Å²) in [5.74, 6) is 0.400. The first-order chi connectivity index (χ1) is 14.8. The lowest BCUT2D eigenvalue weighted by Gasteiger charge is -2.28. The van der Waals surface area contributed by atoms with E-state index >= 15 is 0 Å². The summed E-state index contributed by atoms with van der Waals surface area (Å²) in [5, 5.41) is 10.8. The van der Waals surface area contributed by atoms with Crippen molar-refractivity contribution in [3.63, 3.8) is 0 Å². The lowest BCUT2D eigenvalue weighted by molar-refractivity contribution is -0.121. The second kappa shape index (κ2) is 10.4. The number of fused-ring (bicyclic) bond motifs is 1. The number of hydrogen-bond donors (Lipinski definition) is 3. The third-order valence-electron chi connectivity index (χ3n) is 4.49. The predicted molar refractivity (Wildman–Crippen MR) is 132 cm³/mol. The zero-order valence-corrected chi connectivity index (χ0v) is 19.6. The number of carbonyl (C=O) groups excluding carboxylic acids is 1. The highest BCUT2D eigenvalue weighted by molar-refractivity contribution is 7.80. The van der Waals surface area contributed by atoms with E-state index in [9.17, 15) is 4.79 Å². The first-order valence-electron chi connectivity index (χ1n) is 9.30. The summed E-state index contributed by atoms with van der Waals surface area (Å²) >= 11 is 23.5. The van der Waals surface area contributed by atoms with E-state index in [1.807, 2.05) is 42.5 Å². The number of benzene rings is 3. The molecule has 0 radical (unpaired) electrons. The van der Waals surface area contributed by atoms with Crippen LogP contribution in [-0.2, 0) is 11.2 Å². The minimum atomic E-state index is -1.83. The second-order valence-corrected chi connectivity index (χ2v) is 9.46. The van der Waals surface area contributed by atoms with Crippen LogP contribution >= 0.6 is 47.0 Å². The highest BCUT2D eigenvalue weighted by atomic mass is 35.6. The number of halogens is 3. The molecule has 3 rings (SSSR count). The number of hydrogen-bond acceptors (Lipinski definition) is 3. The number of alkyl halides is 3. The fourth-order valence-electron chi connectivity index (χ4n) is 3.00. The quantitative estimate of drug-likeness (QED) is 0.249. The average Bonchev–Trinajstić information content (AvgIpc) is 2.73. The molecule has 0 spiro atoms. The largest absolute Gasteiger partial charge is 0.497 e. The minimum absolute atomic E-state index is 0.124. The van der Waals surface area contributed by atoms with Crippen LogP contribution in [0.2, 0.25) is 0 Å². The smallest absolute Gasteiger partial charge is 0.228 e. The molecule has 9 heteroatoms. The van der Waals surface area contributed by atoms with E-state index in [-0.39, 0.29) is 17.4 Å². The fraction of sp³-hybridized carbons (Fsp3) is 0.182. The highest BCUT2D eigenvalue weighted by Gasteiger charge is 2.34. The Morgan fingerprint density at radius 1 is 1.00 bits per heavy atom. The van der Waals surface area contributed by atoms with Crippen molar-refractivity contribution in [2.45, 2.75) is 16.4 Å². The predicted octanol–water partition coefficient (Wildman–Crippen LogP) is 5.19. The Hall–Kier alpha value is -2.25. The van der Waals surface area contributed by atoms with Crippen LogP contribution in [0, 0.1) is 0 Å². The normalized spacial score (nSPS) is 12.1. The number of rotatable bonds is 6. The summed E-state index contributed by atoms with van der Waals surface area (Å²) in [6.07, 6.45) is -0.919. The lowest BCUT2D eigenvalue weighted by Crippen LogP contribution is -2.56. The van der Waals surface area contributed by atoms with Crippen molar-refractivity contribution in [3.05, 3.63) is 72.3 Å². The van der Waals surface area contributed by atoms with Crippen LogP contribution in [0.3, 0.4) is 0 Å². The molecule has 0 heterocycles. The molecule has 3 N–H and O–H groups in total. The van der Waals surface area contributed by atoms with Gasteiger partial charge in [0.25, 0.3) is 0 Å². The van der Waals surface area contributed by atoms with E-state index < -0.39 is 9.96 Å². The standard InChI is InChI=1S/C22H20Cl3N3O2S/c1-30-17-11-9-16(10-12-17)26-21(31)28-20(22(23,24)25)27-19(29)13-15-7-4-6-14-5-2-3-8-18(14)15/h2-12,20H,13H2,1H3,(H,27,29)(H2,26,28,31). The van der Waals surface area contributed by atoms with Gasteiger partial charge in [-0.1, -0.05) is 77.3 Å². The molecule has 31 heavy (non-hydrogen) atoms. The van der Waals surface area contributed by atoms with E-state index in [4.69, 9.17) is 51.8 Å². The first kappa shape index (κ1) is 23.4. The van der Waals surface area contributed by atoms with Gasteiger partial charge in [0.05, 0.1) is 13.5 Å². The Balaban J connectivity index is 1.66. The highest BCUT2D eigenvalue weighted by Crippen LogP contribution is 2.29. The van der Waals surface area contributed by atoms with Crippen molar-refractivity contribution in [1.29, 1.82) is 0 Å². The number of ether oxygens (including phenoxy) is 1. The van der Waals surface area contributed by atoms with E-state index in [0.29, 0.717) is 11.4 Å². The number of amides is 1. The molecular formula is C22H20Cl3N3O2S. The van der Waals surface area contributed by atoms with Crippen LogP contribution in [-0.4, -0.2) is 28.1 Å². The summed E-state index contributed by atoms with van der Waals surface area (Å²) in [6.45, 7) is 0. The van der Waals surface area contributed by atoms with Crippen LogP contribution < -0.4 is 20.7 Å². The zero-order chi connectivity index (χ0) is 22.4. The SMILES string of the molecule is COc1ccc(NC(=S)NC(NC(=O)Cc2cccc3ccccc23)C(Cl)(Cl)Cl)cc1. The van der Waals surface area contributed by atoms with Gasteiger partial charge in [0, 0.05) is 5.69 Å². The molecule has 0 aliphatic heterocycles. The van der Waals surface area contributed by atoms with Crippen molar-refractivity contribution in [2.24, 2.45) is 0 Å². The summed E-state index contributed by atoms with van der Waals surface area (Å²) < 4.78 is 3.29. The molecule has 1 unspecified atom stereocenters. The molecule has 0 bridgehead atoms. The Morgan fingerprint density at radius 3 is 2.35 bits per heavy atom. The number of nitrogens with one attached hydrogen (secondary N) is 3. The van der Waals surface area contributed by atoms with Crippen molar-refractivity contribution >= 4 is 74.5 Å². The molecule has 3 aromatic rings. The number of methoxy groups -OCH3 is 1. The van der Waals surface area contributed by atoms with E-state index in [0.717, 1.165) is 16.3 Å². The average molecular weight is 497 g/mol. The summed E-state index contributed by atoms with van der Waals surface area (Å²) in [7, 11) is 1.58. The second-order valence-electron chi connectivity index (χ2n) is 6.68. The van der Waals surface area contributed by atoms with Crippen LogP contribution in [0.4, 0.5) is 5.69 Å². The molecule has 3 aromatic carbocycles. The van der Waals surface area contributed by atoms with Gasteiger partial charge < -0.3 is 20.7 Å². The Labute approximate surface area is 201 Å². The monoisotopic (exact) mass is 495 g/mol. The van der Waals surface area contributed by atoms with E-state index in [2.05, 4.69) is 16.0 Å². The third kappa shape index (κ3) is 6.61. The van der Waals surface area contributed by atoms with E-state index in [1.54, 1.807) is 31.4 Å². The fourth-order valence-corrected chi connectivity index (χ4v) is 3.57. The van der Waals surface area contributed by atoms with Crippen molar-refractivity contribution in [1.82, 2.24) is 10.6 Å². The third-order valence-corrected chi connectivity index (χ3v) is 5.36. The van der Waals surface area contributed by atoms with Crippen LogP contribution in [0.1, 0.15) is 5.56 Å². The number of thiocarbonyl (C=S) groups is 1. The van der Waals surface area contributed by atoms with Gasteiger partial charge in [0.15, 0.2) is 5.11 Å². The summed E-state index contributed by atoms with van der Waals surface area (Å²) in [5.41, 5.74) is 1.58. The lowest BCUT2D eigenvalue weighted by atomic mass is 10.0. The van der Waals surface area contributed by atoms with Gasteiger partial charge in [-0.15, -0.1) is 0 Å². The van der Waals surface area contributed by atoms with Gasteiger partial charge in [0.1, 0.15) is 11.9 Å². The molecule has 1 amide bonds. The molecule has 0 aromatic heterocycles. The van der Waals surface area contributed by atoms with Gasteiger partial charge in [-0.05, 0) is 52.8 Å². The minimum Gasteiger partial charge on any atom is -0.497 e. The first-order valence-corrected chi connectivity index (χ1v) is 10.8. The molecule has 0 saturated carbocycles. The summed E-state index contributed by atoms with van der Waals surface area (Å²) in [6, 6.07) is 20.8. The maximum Gasteiger partial charge on any atom is 0.228 e. The van der Waals surface area contributed by atoms with Gasteiger partial charge in [-0.3, -0.25) is 4.79 Å². The van der Waals surface area contributed by atoms with Crippen LogP contribution in [0.25, 0.3) is 10.8 Å². The summed E-state index contributed by atoms with van der Waals surface area (Å²) in [4.78, 5) is 12.7. The van der Waals surface area contributed by atoms with Gasteiger partial charge >= 0.3 is 0 Å². The topological polar surface area (TPSA) is 62.4 Å². The Kier molecular flexibility index (Phi) is 7.84. The van der Waals surface area contributed by atoms with Crippen molar-refractivity contribution in [2.75, 3.05) is 12.4 Å². The molecular weight excluding hydrogens is 477 g/mol. The zero-order valence-electron chi connectivity index (χ0n) is 16.5. The van der Waals surface area contributed by atoms with Gasteiger partial charge in [-0.25, -0.2) is 0 Å². The number of carbonyl (C=O) groups is 1. The molecule has 0 fully saturated rings. The van der Waals surface area contributed by atoms with Crippen LogP contribution in [0.5, 0.6) is 5.75 Å². The molecule has 0 saturated heterocycles. The van der Waals surface area contributed by atoms with Crippen molar-refractivity contribution < 1.29 is 9.53 Å². The molecule has 162 valence electrons. The maximum absolute atomic E-state index is 12.7. The van der Waals surface area contributed by atoms with E-state index in [1.165, 1.54) is 0 Å². The van der Waals surface area contributed by atoms with Gasteiger partial charge in [0.2, 0.25) is 9.70 Å². The Morgan fingerprint density at radius 2 is 1.68 bits per heavy atom. The van der Waals surface area contributed by atoms with Crippen molar-refractivity contribution in [3.8, 4) is 5.75 Å². The van der Waals surface area contributed by atoms with Gasteiger partial charge in [-0.2, -0.15) is 0 Å². The number of anilines is 1.